The average Bonchev–Trinajstić information content (AvgIpc) is 2.75. The Bertz CT molecular complexity index is 624. The Hall–Kier alpha value is -2.07. The fourth-order valence-electron chi connectivity index (χ4n) is 1.71. The van der Waals surface area contributed by atoms with Crippen molar-refractivity contribution in [2.45, 2.75) is 13.8 Å². The van der Waals surface area contributed by atoms with Crippen molar-refractivity contribution in [1.29, 1.82) is 0 Å². The van der Waals surface area contributed by atoms with Gasteiger partial charge in [-0.1, -0.05) is 12.1 Å². The molecule has 0 aliphatic carbocycles. The number of amides is 1. The van der Waals surface area contributed by atoms with Crippen LogP contribution in [0.5, 0.6) is 5.75 Å². The summed E-state index contributed by atoms with van der Waals surface area (Å²) in [6, 6.07) is 9.54. The predicted molar refractivity (Wildman–Crippen MR) is 84.5 cm³/mol. The Morgan fingerprint density at radius 1 is 1.30 bits per heavy atom. The largest absolute Gasteiger partial charge is 0.497 e. The number of carbonyl (C=O) groups is 1. The molecule has 0 aliphatic rings. The van der Waals surface area contributed by atoms with Crippen LogP contribution in [0.3, 0.4) is 0 Å². The molecule has 2 aromatic rings. The van der Waals surface area contributed by atoms with Gasteiger partial charge in [0.25, 0.3) is 0 Å². The van der Waals surface area contributed by atoms with Crippen LogP contribution in [0.25, 0.3) is 6.08 Å². The van der Waals surface area contributed by atoms with Crippen LogP contribution < -0.4 is 10.1 Å². The molecule has 2 rings (SSSR count). The number of methoxy groups -OCH3 is 1. The Morgan fingerprint density at radius 2 is 2.10 bits per heavy atom. The van der Waals surface area contributed by atoms with Crippen LogP contribution in [0.2, 0.25) is 0 Å². The molecule has 4 heteroatoms. The van der Waals surface area contributed by atoms with Crippen molar-refractivity contribution in [3.8, 4) is 5.75 Å². The van der Waals surface area contributed by atoms with E-state index in [1.54, 1.807) is 24.5 Å². The lowest BCUT2D eigenvalue weighted by Crippen LogP contribution is -2.06. The van der Waals surface area contributed by atoms with Crippen molar-refractivity contribution in [3.05, 3.63) is 52.4 Å². The highest BCUT2D eigenvalue weighted by Gasteiger charge is 2.03. The van der Waals surface area contributed by atoms with Crippen molar-refractivity contribution in [3.63, 3.8) is 0 Å². The van der Waals surface area contributed by atoms with E-state index in [0.717, 1.165) is 16.3 Å². The van der Waals surface area contributed by atoms with Crippen molar-refractivity contribution in [2.24, 2.45) is 0 Å². The lowest BCUT2D eigenvalue weighted by molar-refractivity contribution is -0.111. The van der Waals surface area contributed by atoms with Crippen molar-refractivity contribution in [1.82, 2.24) is 0 Å². The van der Waals surface area contributed by atoms with Gasteiger partial charge in [0.05, 0.1) is 12.1 Å². The highest BCUT2D eigenvalue weighted by atomic mass is 32.1. The summed E-state index contributed by atoms with van der Waals surface area (Å²) in [4.78, 5) is 13.1. The second-order valence-electron chi connectivity index (χ2n) is 4.45. The standard InChI is InChI=1S/C16H17NO2S/c1-11-9-16(20-12(11)2)17-15(18)8-7-13-5-4-6-14(10-13)19-3/h4-10H,1-3H3,(H,17,18)/b8-7+. The monoisotopic (exact) mass is 287 g/mol. The van der Waals surface area contributed by atoms with E-state index >= 15 is 0 Å². The minimum atomic E-state index is -0.130. The van der Waals surface area contributed by atoms with Gasteiger partial charge in [-0.05, 0) is 49.2 Å². The van der Waals surface area contributed by atoms with Crippen LogP contribution in [0, 0.1) is 13.8 Å². The van der Waals surface area contributed by atoms with Crippen LogP contribution in [0.1, 0.15) is 16.0 Å². The van der Waals surface area contributed by atoms with Crippen LogP contribution in [0.15, 0.2) is 36.4 Å². The molecule has 0 aliphatic heterocycles. The SMILES string of the molecule is COc1cccc(/C=C/C(=O)Nc2cc(C)c(C)s2)c1. The maximum atomic E-state index is 11.8. The van der Waals surface area contributed by atoms with Crippen LogP contribution >= 0.6 is 11.3 Å². The molecule has 1 amide bonds. The summed E-state index contributed by atoms with van der Waals surface area (Å²) in [6.07, 6.45) is 3.30. The van der Waals surface area contributed by atoms with Crippen molar-refractivity contribution >= 4 is 28.3 Å². The molecule has 1 aromatic carbocycles. The van der Waals surface area contributed by atoms with Gasteiger partial charge in [-0.2, -0.15) is 0 Å². The molecule has 20 heavy (non-hydrogen) atoms. The van der Waals surface area contributed by atoms with Gasteiger partial charge < -0.3 is 10.1 Å². The van der Waals surface area contributed by atoms with E-state index in [2.05, 4.69) is 5.32 Å². The average molecular weight is 287 g/mol. The first-order chi connectivity index (χ1) is 9.58. The van der Waals surface area contributed by atoms with Gasteiger partial charge in [0.1, 0.15) is 5.75 Å². The van der Waals surface area contributed by atoms with Gasteiger partial charge >= 0.3 is 0 Å². The Kier molecular flexibility index (Phi) is 4.58. The number of carbonyl (C=O) groups excluding carboxylic acids is 1. The summed E-state index contributed by atoms with van der Waals surface area (Å²) in [5, 5.41) is 3.74. The molecule has 1 heterocycles. The molecular weight excluding hydrogens is 270 g/mol. The highest BCUT2D eigenvalue weighted by molar-refractivity contribution is 7.16. The maximum Gasteiger partial charge on any atom is 0.248 e. The zero-order valence-electron chi connectivity index (χ0n) is 11.8. The predicted octanol–water partition coefficient (Wildman–Crippen LogP) is 4.03. The lowest BCUT2D eigenvalue weighted by Gasteiger charge is -2.00. The topological polar surface area (TPSA) is 38.3 Å². The van der Waals surface area contributed by atoms with Gasteiger partial charge in [0.2, 0.25) is 5.91 Å². The number of aryl methyl sites for hydroxylation is 2. The Morgan fingerprint density at radius 3 is 2.75 bits per heavy atom. The number of benzene rings is 1. The molecule has 0 saturated heterocycles. The van der Waals surface area contributed by atoms with E-state index < -0.39 is 0 Å². The number of ether oxygens (including phenoxy) is 1. The van der Waals surface area contributed by atoms with E-state index in [1.165, 1.54) is 16.5 Å². The summed E-state index contributed by atoms with van der Waals surface area (Å²) in [6.45, 7) is 4.08. The molecule has 0 radical (unpaired) electrons. The quantitative estimate of drug-likeness (QED) is 0.862. The summed E-state index contributed by atoms with van der Waals surface area (Å²) < 4.78 is 5.14. The number of anilines is 1. The van der Waals surface area contributed by atoms with E-state index in [-0.39, 0.29) is 5.91 Å². The van der Waals surface area contributed by atoms with E-state index in [0.29, 0.717) is 0 Å². The van der Waals surface area contributed by atoms with Crippen molar-refractivity contribution in [2.75, 3.05) is 12.4 Å². The molecule has 0 fully saturated rings. The van der Waals surface area contributed by atoms with Crippen LogP contribution in [-0.2, 0) is 4.79 Å². The lowest BCUT2D eigenvalue weighted by atomic mass is 10.2. The maximum absolute atomic E-state index is 11.8. The Labute approximate surface area is 122 Å². The van der Waals surface area contributed by atoms with E-state index in [1.807, 2.05) is 44.2 Å². The first-order valence-electron chi connectivity index (χ1n) is 6.28. The number of nitrogens with one attached hydrogen (secondary N) is 1. The summed E-state index contributed by atoms with van der Waals surface area (Å²) >= 11 is 1.58. The molecule has 1 aromatic heterocycles. The zero-order chi connectivity index (χ0) is 14.5. The van der Waals surface area contributed by atoms with Gasteiger partial charge in [-0.25, -0.2) is 0 Å². The van der Waals surface area contributed by atoms with Gasteiger partial charge in [0.15, 0.2) is 0 Å². The minimum absolute atomic E-state index is 0.130. The van der Waals surface area contributed by atoms with E-state index in [4.69, 9.17) is 4.74 Å². The smallest absolute Gasteiger partial charge is 0.248 e. The number of thiophene rings is 1. The third kappa shape index (κ3) is 3.71. The Balaban J connectivity index is 2.01. The second-order valence-corrected chi connectivity index (χ2v) is 5.71. The zero-order valence-corrected chi connectivity index (χ0v) is 12.6. The molecule has 0 saturated carbocycles. The molecular formula is C16H17NO2S. The fourth-order valence-corrected chi connectivity index (χ4v) is 2.65. The molecule has 1 N–H and O–H groups in total. The van der Waals surface area contributed by atoms with Gasteiger partial charge in [0, 0.05) is 11.0 Å². The number of hydrogen-bond donors (Lipinski definition) is 1. The van der Waals surface area contributed by atoms with Gasteiger partial charge in [-0.3, -0.25) is 4.79 Å². The van der Waals surface area contributed by atoms with Crippen LogP contribution in [0.4, 0.5) is 5.00 Å². The fraction of sp³-hybridized carbons (Fsp3) is 0.188. The molecule has 0 bridgehead atoms. The number of hydrogen-bond acceptors (Lipinski definition) is 3. The molecule has 104 valence electrons. The normalized spacial score (nSPS) is 10.8. The molecule has 0 spiro atoms. The van der Waals surface area contributed by atoms with Crippen LogP contribution in [-0.4, -0.2) is 13.0 Å². The second kappa shape index (κ2) is 6.39. The summed E-state index contributed by atoms with van der Waals surface area (Å²) in [5.41, 5.74) is 2.13. The minimum Gasteiger partial charge on any atom is -0.497 e. The first-order valence-corrected chi connectivity index (χ1v) is 7.10. The molecule has 3 nitrogen and oxygen atoms in total. The third-order valence-corrected chi connectivity index (χ3v) is 4.00. The van der Waals surface area contributed by atoms with Crippen molar-refractivity contribution < 1.29 is 9.53 Å². The third-order valence-electron chi connectivity index (χ3n) is 2.93. The first kappa shape index (κ1) is 14.3. The highest BCUT2D eigenvalue weighted by Crippen LogP contribution is 2.25. The van der Waals surface area contributed by atoms with Gasteiger partial charge in [-0.15, -0.1) is 11.3 Å². The summed E-state index contributed by atoms with van der Waals surface area (Å²) in [7, 11) is 1.62. The summed E-state index contributed by atoms with van der Waals surface area (Å²) in [5.74, 6) is 0.645. The van der Waals surface area contributed by atoms with E-state index in [9.17, 15) is 4.79 Å². The molecule has 0 atom stereocenters. The number of rotatable bonds is 4. The molecule has 0 unspecified atom stereocenters.